The van der Waals surface area contributed by atoms with Crippen LogP contribution in [0.15, 0.2) is 30.3 Å². The summed E-state index contributed by atoms with van der Waals surface area (Å²) >= 11 is 4.18. The van der Waals surface area contributed by atoms with Gasteiger partial charge >= 0.3 is 0 Å². The third-order valence-electron chi connectivity index (χ3n) is 2.97. The van der Waals surface area contributed by atoms with Crippen LogP contribution in [0.5, 0.6) is 0 Å². The van der Waals surface area contributed by atoms with Crippen molar-refractivity contribution >= 4 is 18.7 Å². The quantitative estimate of drug-likeness (QED) is 0.782. The van der Waals surface area contributed by atoms with Crippen LogP contribution in [0.3, 0.4) is 0 Å². The van der Waals surface area contributed by atoms with Crippen molar-refractivity contribution < 1.29 is 0 Å². The highest BCUT2D eigenvalue weighted by molar-refractivity contribution is 7.80. The number of likely N-dealkylation sites (tertiary alicyclic amines) is 1. The molecule has 1 aliphatic rings. The van der Waals surface area contributed by atoms with Gasteiger partial charge in [0.25, 0.3) is 0 Å². The summed E-state index contributed by atoms with van der Waals surface area (Å²) in [5.41, 5.74) is 2.70. The van der Waals surface area contributed by atoms with Gasteiger partial charge in [-0.1, -0.05) is 36.4 Å². The Labute approximate surface area is 104 Å². The Bertz CT molecular complexity index is 354. The third kappa shape index (κ3) is 3.39. The van der Waals surface area contributed by atoms with Crippen molar-refractivity contribution in [2.45, 2.75) is 19.4 Å². The van der Waals surface area contributed by atoms with E-state index in [0.717, 1.165) is 12.3 Å². The van der Waals surface area contributed by atoms with Crippen molar-refractivity contribution in [1.82, 2.24) is 4.90 Å². The Hall–Kier alpha value is -0.730. The molecule has 0 unspecified atom stereocenters. The van der Waals surface area contributed by atoms with Gasteiger partial charge in [0.05, 0.1) is 0 Å². The van der Waals surface area contributed by atoms with Gasteiger partial charge < -0.3 is 0 Å². The zero-order valence-corrected chi connectivity index (χ0v) is 10.5. The van der Waals surface area contributed by atoms with Crippen LogP contribution >= 0.6 is 12.6 Å². The molecule has 1 aromatic carbocycles. The van der Waals surface area contributed by atoms with Gasteiger partial charge in [0.2, 0.25) is 0 Å². The van der Waals surface area contributed by atoms with E-state index in [2.05, 4.69) is 53.9 Å². The van der Waals surface area contributed by atoms with E-state index in [4.69, 9.17) is 0 Å². The molecule has 0 radical (unpaired) electrons. The van der Waals surface area contributed by atoms with Crippen molar-refractivity contribution in [3.05, 3.63) is 41.5 Å². The van der Waals surface area contributed by atoms with Crippen LogP contribution in [-0.4, -0.2) is 23.7 Å². The second-order valence-electron chi connectivity index (χ2n) is 4.31. The SMILES string of the molecule is SCC=Cc1cccc(CN2CCCC2)c1. The van der Waals surface area contributed by atoms with E-state index >= 15 is 0 Å². The van der Waals surface area contributed by atoms with Gasteiger partial charge in [0, 0.05) is 12.3 Å². The van der Waals surface area contributed by atoms with E-state index in [1.165, 1.54) is 37.1 Å². The standard InChI is InChI=1S/C14H19NS/c16-10-4-7-13-5-3-6-14(11-13)12-15-8-1-2-9-15/h3-7,11,16H,1-2,8-10,12H2. The number of benzene rings is 1. The smallest absolute Gasteiger partial charge is 0.0233 e. The maximum absolute atomic E-state index is 4.18. The highest BCUT2D eigenvalue weighted by Crippen LogP contribution is 2.14. The highest BCUT2D eigenvalue weighted by Gasteiger charge is 2.11. The molecule has 0 atom stereocenters. The Balaban J connectivity index is 2.00. The number of hydrogen-bond donors (Lipinski definition) is 1. The minimum Gasteiger partial charge on any atom is -0.299 e. The van der Waals surface area contributed by atoms with Gasteiger partial charge in [0.15, 0.2) is 0 Å². The minimum absolute atomic E-state index is 0.802. The van der Waals surface area contributed by atoms with Crippen LogP contribution in [0.1, 0.15) is 24.0 Å². The summed E-state index contributed by atoms with van der Waals surface area (Å²) in [5, 5.41) is 0. The van der Waals surface area contributed by atoms with E-state index in [0.29, 0.717) is 0 Å². The summed E-state index contributed by atoms with van der Waals surface area (Å²) in [6.07, 6.45) is 6.94. The molecular formula is C14H19NS. The van der Waals surface area contributed by atoms with Crippen LogP contribution in [0.2, 0.25) is 0 Å². The van der Waals surface area contributed by atoms with Gasteiger partial charge in [0.1, 0.15) is 0 Å². The second-order valence-corrected chi connectivity index (χ2v) is 4.68. The first-order valence-electron chi connectivity index (χ1n) is 5.97. The zero-order chi connectivity index (χ0) is 11.2. The molecule has 0 spiro atoms. The van der Waals surface area contributed by atoms with E-state index in [1.54, 1.807) is 0 Å². The Morgan fingerprint density at radius 1 is 1.25 bits per heavy atom. The molecule has 1 aliphatic heterocycles. The van der Waals surface area contributed by atoms with E-state index in [-0.39, 0.29) is 0 Å². The fourth-order valence-corrected chi connectivity index (χ4v) is 2.29. The molecule has 16 heavy (non-hydrogen) atoms. The lowest BCUT2D eigenvalue weighted by Crippen LogP contribution is -2.18. The molecule has 1 aromatic rings. The molecule has 1 fully saturated rings. The summed E-state index contributed by atoms with van der Waals surface area (Å²) in [4.78, 5) is 2.53. The van der Waals surface area contributed by atoms with Crippen LogP contribution in [0.4, 0.5) is 0 Å². The lowest BCUT2D eigenvalue weighted by Gasteiger charge is -2.14. The maximum atomic E-state index is 4.18. The van der Waals surface area contributed by atoms with Crippen LogP contribution in [0, 0.1) is 0 Å². The monoisotopic (exact) mass is 233 g/mol. The van der Waals surface area contributed by atoms with Crippen molar-refractivity contribution in [3.8, 4) is 0 Å². The molecular weight excluding hydrogens is 214 g/mol. The zero-order valence-electron chi connectivity index (χ0n) is 9.60. The molecule has 86 valence electrons. The van der Waals surface area contributed by atoms with E-state index in [1.807, 2.05) is 0 Å². The number of rotatable bonds is 4. The van der Waals surface area contributed by atoms with Gasteiger partial charge in [-0.05, 0) is 37.1 Å². The average Bonchev–Trinajstić information content (AvgIpc) is 2.80. The average molecular weight is 233 g/mol. The lowest BCUT2D eigenvalue weighted by molar-refractivity contribution is 0.331. The molecule has 0 amide bonds. The van der Waals surface area contributed by atoms with E-state index in [9.17, 15) is 0 Å². The first kappa shape index (κ1) is 11.7. The molecule has 0 saturated carbocycles. The largest absolute Gasteiger partial charge is 0.299 e. The topological polar surface area (TPSA) is 3.24 Å². The van der Waals surface area contributed by atoms with Crippen molar-refractivity contribution in [2.75, 3.05) is 18.8 Å². The minimum atomic E-state index is 0.802. The fraction of sp³-hybridized carbons (Fsp3) is 0.429. The van der Waals surface area contributed by atoms with Crippen molar-refractivity contribution in [3.63, 3.8) is 0 Å². The summed E-state index contributed by atoms with van der Waals surface area (Å²) < 4.78 is 0. The number of hydrogen-bond acceptors (Lipinski definition) is 2. The normalized spacial score (nSPS) is 17.3. The lowest BCUT2D eigenvalue weighted by atomic mass is 10.1. The fourth-order valence-electron chi connectivity index (χ4n) is 2.18. The first-order chi connectivity index (χ1) is 7.88. The maximum Gasteiger partial charge on any atom is 0.0233 e. The van der Waals surface area contributed by atoms with Crippen LogP contribution in [-0.2, 0) is 6.54 Å². The molecule has 1 heterocycles. The van der Waals surface area contributed by atoms with Gasteiger partial charge in [-0.2, -0.15) is 12.6 Å². The molecule has 1 nitrogen and oxygen atoms in total. The Morgan fingerprint density at radius 2 is 2.06 bits per heavy atom. The molecule has 0 aliphatic carbocycles. The molecule has 0 bridgehead atoms. The first-order valence-corrected chi connectivity index (χ1v) is 6.60. The molecule has 0 aromatic heterocycles. The number of nitrogens with zero attached hydrogens (tertiary/aromatic N) is 1. The predicted octanol–water partition coefficient (Wildman–Crippen LogP) is 3.23. The summed E-state index contributed by atoms with van der Waals surface area (Å²) in [6, 6.07) is 8.78. The number of thiol groups is 1. The second kappa shape index (κ2) is 6.12. The van der Waals surface area contributed by atoms with Crippen molar-refractivity contribution in [1.29, 1.82) is 0 Å². The summed E-state index contributed by atoms with van der Waals surface area (Å²) in [6.45, 7) is 3.62. The van der Waals surface area contributed by atoms with Gasteiger partial charge in [-0.25, -0.2) is 0 Å². The molecule has 2 rings (SSSR count). The van der Waals surface area contributed by atoms with Crippen LogP contribution < -0.4 is 0 Å². The molecule has 2 heteroatoms. The third-order valence-corrected chi connectivity index (χ3v) is 3.18. The summed E-state index contributed by atoms with van der Waals surface area (Å²) in [5.74, 6) is 0.802. The highest BCUT2D eigenvalue weighted by atomic mass is 32.1. The Morgan fingerprint density at radius 3 is 2.81 bits per heavy atom. The van der Waals surface area contributed by atoms with Crippen LogP contribution in [0.25, 0.3) is 6.08 Å². The van der Waals surface area contributed by atoms with E-state index < -0.39 is 0 Å². The summed E-state index contributed by atoms with van der Waals surface area (Å²) in [7, 11) is 0. The Kier molecular flexibility index (Phi) is 4.49. The van der Waals surface area contributed by atoms with Gasteiger partial charge in [-0.15, -0.1) is 0 Å². The predicted molar refractivity (Wildman–Crippen MR) is 73.8 cm³/mol. The molecule has 1 saturated heterocycles. The van der Waals surface area contributed by atoms with Gasteiger partial charge in [-0.3, -0.25) is 4.90 Å². The molecule has 0 N–H and O–H groups in total. The van der Waals surface area contributed by atoms with Crippen molar-refractivity contribution in [2.24, 2.45) is 0 Å².